The number of amides is 1. The fraction of sp³-hybridized carbons (Fsp3) is 0.238. The number of carbonyl (C=O) groups excluding carboxylic acids is 1. The second kappa shape index (κ2) is 7.27. The number of anilines is 1. The molecule has 0 aliphatic carbocycles. The van der Waals surface area contributed by atoms with Gasteiger partial charge in [-0.05, 0) is 44.1 Å². The summed E-state index contributed by atoms with van der Waals surface area (Å²) in [5.74, 6) is -0.177. The molecule has 3 N–H and O–H groups in total. The summed E-state index contributed by atoms with van der Waals surface area (Å²) in [4.78, 5) is 28.0. The first kappa shape index (κ1) is 18.3. The molecule has 1 aliphatic heterocycles. The normalized spacial score (nSPS) is 14.9. The van der Waals surface area contributed by atoms with E-state index in [0.29, 0.717) is 27.0 Å². The SMILES string of the molecule is O=C(Nc1cccc2nn3c(C4CCNCC4)cc(=O)[nH]c3c12)c1ccc[n+]([O-])c1. The molecule has 9 nitrogen and oxygen atoms in total. The smallest absolute Gasteiger partial charge is 0.261 e. The number of aromatic nitrogens is 4. The van der Waals surface area contributed by atoms with Gasteiger partial charge >= 0.3 is 0 Å². The number of aromatic amines is 1. The lowest BCUT2D eigenvalue weighted by atomic mass is 9.94. The molecule has 0 spiro atoms. The molecule has 0 bridgehead atoms. The van der Waals surface area contributed by atoms with Crippen LogP contribution < -0.4 is 20.9 Å². The summed E-state index contributed by atoms with van der Waals surface area (Å²) in [6, 6.07) is 10.1. The molecule has 1 amide bonds. The number of benzene rings is 1. The lowest BCUT2D eigenvalue weighted by Gasteiger charge is -2.23. The first-order valence-electron chi connectivity index (χ1n) is 9.86. The Balaban J connectivity index is 1.63. The van der Waals surface area contributed by atoms with Gasteiger partial charge in [-0.15, -0.1) is 0 Å². The van der Waals surface area contributed by atoms with E-state index in [1.807, 2.05) is 6.07 Å². The number of hydrogen-bond donors (Lipinski definition) is 3. The average Bonchev–Trinajstić information content (AvgIpc) is 3.13. The molecule has 152 valence electrons. The highest BCUT2D eigenvalue weighted by atomic mass is 16.5. The lowest BCUT2D eigenvalue weighted by Crippen LogP contribution is -2.28. The third kappa shape index (κ3) is 3.18. The molecule has 0 unspecified atom stereocenters. The number of fused-ring (bicyclic) bond motifs is 3. The zero-order valence-electron chi connectivity index (χ0n) is 16.1. The molecular formula is C21H20N6O3. The first-order valence-corrected chi connectivity index (χ1v) is 9.86. The van der Waals surface area contributed by atoms with E-state index >= 15 is 0 Å². The number of nitrogens with one attached hydrogen (secondary N) is 3. The van der Waals surface area contributed by atoms with E-state index in [1.165, 1.54) is 18.5 Å². The summed E-state index contributed by atoms with van der Waals surface area (Å²) >= 11 is 0. The highest BCUT2D eigenvalue weighted by Crippen LogP contribution is 2.30. The summed E-state index contributed by atoms with van der Waals surface area (Å²) in [6.07, 6.45) is 4.39. The van der Waals surface area contributed by atoms with E-state index in [-0.39, 0.29) is 17.0 Å². The fourth-order valence-electron chi connectivity index (χ4n) is 4.08. The van der Waals surface area contributed by atoms with Crippen LogP contribution in [0.1, 0.15) is 34.8 Å². The van der Waals surface area contributed by atoms with Crippen LogP contribution in [0.2, 0.25) is 0 Å². The maximum atomic E-state index is 12.7. The molecule has 9 heteroatoms. The van der Waals surface area contributed by atoms with Gasteiger partial charge in [0.2, 0.25) is 0 Å². The molecule has 3 aromatic heterocycles. The fourth-order valence-corrected chi connectivity index (χ4v) is 4.08. The Kier molecular flexibility index (Phi) is 4.44. The summed E-state index contributed by atoms with van der Waals surface area (Å²) in [7, 11) is 0. The van der Waals surface area contributed by atoms with Gasteiger partial charge in [0.25, 0.3) is 11.5 Å². The van der Waals surface area contributed by atoms with Crippen molar-refractivity contribution in [3.63, 3.8) is 0 Å². The van der Waals surface area contributed by atoms with Crippen molar-refractivity contribution in [1.82, 2.24) is 19.9 Å². The van der Waals surface area contributed by atoms with Crippen molar-refractivity contribution in [2.75, 3.05) is 18.4 Å². The third-order valence-corrected chi connectivity index (χ3v) is 5.51. The molecule has 0 atom stereocenters. The third-order valence-electron chi connectivity index (χ3n) is 5.51. The summed E-state index contributed by atoms with van der Waals surface area (Å²) < 4.78 is 2.36. The van der Waals surface area contributed by atoms with E-state index in [0.717, 1.165) is 31.6 Å². The zero-order chi connectivity index (χ0) is 20.7. The first-order chi connectivity index (χ1) is 14.6. The van der Waals surface area contributed by atoms with Crippen LogP contribution >= 0.6 is 0 Å². The summed E-state index contributed by atoms with van der Waals surface area (Å²) in [6.45, 7) is 1.80. The van der Waals surface area contributed by atoms with E-state index in [4.69, 9.17) is 5.10 Å². The minimum Gasteiger partial charge on any atom is -0.619 e. The summed E-state index contributed by atoms with van der Waals surface area (Å²) in [5.41, 5.74) is 2.65. The van der Waals surface area contributed by atoms with Gasteiger partial charge in [-0.1, -0.05) is 6.07 Å². The number of piperidine rings is 1. The molecule has 5 rings (SSSR count). The van der Waals surface area contributed by atoms with E-state index in [9.17, 15) is 14.8 Å². The number of nitrogens with zero attached hydrogens (tertiary/aromatic N) is 3. The maximum absolute atomic E-state index is 12.7. The van der Waals surface area contributed by atoms with Crippen LogP contribution in [0.3, 0.4) is 0 Å². The van der Waals surface area contributed by atoms with Crippen LogP contribution in [-0.4, -0.2) is 33.6 Å². The predicted octanol–water partition coefficient (Wildman–Crippen LogP) is 1.53. The maximum Gasteiger partial charge on any atom is 0.261 e. The van der Waals surface area contributed by atoms with Crippen molar-refractivity contribution in [2.24, 2.45) is 0 Å². The Hall–Kier alpha value is -3.72. The highest BCUT2D eigenvalue weighted by molar-refractivity contribution is 6.11. The van der Waals surface area contributed by atoms with Gasteiger partial charge < -0.3 is 20.8 Å². The van der Waals surface area contributed by atoms with Crippen LogP contribution in [0.15, 0.2) is 53.6 Å². The number of hydrogen-bond acceptors (Lipinski definition) is 5. The van der Waals surface area contributed by atoms with Gasteiger partial charge in [0, 0.05) is 18.1 Å². The Bertz CT molecular complexity index is 1320. The number of pyridine rings is 1. The van der Waals surface area contributed by atoms with Crippen LogP contribution in [-0.2, 0) is 0 Å². The van der Waals surface area contributed by atoms with Gasteiger partial charge in [-0.25, -0.2) is 4.52 Å². The quantitative estimate of drug-likeness (QED) is 0.353. The van der Waals surface area contributed by atoms with Gasteiger partial charge in [-0.2, -0.15) is 9.83 Å². The van der Waals surface area contributed by atoms with Crippen molar-refractivity contribution >= 4 is 28.1 Å². The molecule has 4 aromatic rings. The molecule has 0 saturated carbocycles. The monoisotopic (exact) mass is 404 g/mol. The minimum atomic E-state index is -0.413. The minimum absolute atomic E-state index is 0.200. The molecular weight excluding hydrogens is 384 g/mol. The van der Waals surface area contributed by atoms with E-state index in [1.54, 1.807) is 28.8 Å². The highest BCUT2D eigenvalue weighted by Gasteiger charge is 2.22. The molecule has 30 heavy (non-hydrogen) atoms. The van der Waals surface area contributed by atoms with E-state index < -0.39 is 5.91 Å². The topological polar surface area (TPSA) is 118 Å². The standard InChI is InChI=1S/C21H20N6O3/c28-18-11-17(13-6-8-22-9-7-13)27-20(24-18)19-15(4-1-5-16(19)25-27)23-21(29)14-3-2-10-26(30)12-14/h1-5,10-13,22H,6-9H2,(H,23,29)(H,24,28). The van der Waals surface area contributed by atoms with Gasteiger partial charge in [-0.3, -0.25) is 9.59 Å². The van der Waals surface area contributed by atoms with Crippen molar-refractivity contribution in [3.8, 4) is 0 Å². The van der Waals surface area contributed by atoms with Crippen LogP contribution in [0.4, 0.5) is 5.69 Å². The Morgan fingerprint density at radius 2 is 2.07 bits per heavy atom. The van der Waals surface area contributed by atoms with Gasteiger partial charge in [0.05, 0.1) is 22.3 Å². The van der Waals surface area contributed by atoms with Crippen molar-refractivity contribution in [3.05, 3.63) is 75.6 Å². The number of carbonyl (C=O) groups is 1. The number of H-pyrrole nitrogens is 1. The Morgan fingerprint density at radius 1 is 1.23 bits per heavy atom. The molecule has 0 radical (unpaired) electrons. The van der Waals surface area contributed by atoms with Crippen LogP contribution in [0.25, 0.3) is 16.6 Å². The zero-order valence-corrected chi connectivity index (χ0v) is 16.1. The second-order valence-corrected chi connectivity index (χ2v) is 7.45. The average molecular weight is 404 g/mol. The van der Waals surface area contributed by atoms with Crippen LogP contribution in [0, 0.1) is 5.21 Å². The van der Waals surface area contributed by atoms with Crippen molar-refractivity contribution in [1.29, 1.82) is 0 Å². The second-order valence-electron chi connectivity index (χ2n) is 7.45. The van der Waals surface area contributed by atoms with Crippen molar-refractivity contribution < 1.29 is 9.52 Å². The molecule has 1 fully saturated rings. The largest absolute Gasteiger partial charge is 0.619 e. The Morgan fingerprint density at radius 3 is 2.87 bits per heavy atom. The molecule has 1 aromatic carbocycles. The summed E-state index contributed by atoms with van der Waals surface area (Å²) in [5, 5.41) is 23.0. The molecule has 1 aliphatic rings. The molecule has 4 heterocycles. The van der Waals surface area contributed by atoms with Gasteiger partial charge in [0.1, 0.15) is 11.2 Å². The number of rotatable bonds is 3. The predicted molar refractivity (Wildman–Crippen MR) is 112 cm³/mol. The Labute approximate surface area is 170 Å². The van der Waals surface area contributed by atoms with Gasteiger partial charge in [0.15, 0.2) is 12.4 Å². The van der Waals surface area contributed by atoms with Crippen molar-refractivity contribution in [2.45, 2.75) is 18.8 Å². The van der Waals surface area contributed by atoms with Crippen LogP contribution in [0.5, 0.6) is 0 Å². The lowest BCUT2D eigenvalue weighted by molar-refractivity contribution is -0.605. The van der Waals surface area contributed by atoms with E-state index in [2.05, 4.69) is 15.6 Å². The molecule has 1 saturated heterocycles.